The van der Waals surface area contributed by atoms with Gasteiger partial charge in [0.2, 0.25) is 0 Å². The molecule has 0 aliphatic carbocycles. The van der Waals surface area contributed by atoms with Gasteiger partial charge in [0.05, 0.1) is 13.2 Å². The van der Waals surface area contributed by atoms with E-state index in [9.17, 15) is 9.59 Å². The number of aromatic nitrogens is 1. The fourth-order valence-corrected chi connectivity index (χ4v) is 3.89. The SMILES string of the molecule is CCCCCCCCCCCCOC(=O)c1cccc(C(=O)OCC(C)CC(C)(C)C)n1. The van der Waals surface area contributed by atoms with Crippen LogP contribution in [-0.4, -0.2) is 30.1 Å². The van der Waals surface area contributed by atoms with Crippen LogP contribution in [0.15, 0.2) is 18.2 Å². The Kier molecular flexibility index (Phi) is 13.9. The molecule has 0 aromatic carbocycles. The largest absolute Gasteiger partial charge is 0.461 e. The molecule has 0 fully saturated rings. The minimum Gasteiger partial charge on any atom is -0.461 e. The summed E-state index contributed by atoms with van der Waals surface area (Å²) < 4.78 is 10.7. The number of hydrogen-bond donors (Lipinski definition) is 0. The number of carbonyl (C=O) groups is 2. The Morgan fingerprint density at radius 1 is 0.844 bits per heavy atom. The minimum absolute atomic E-state index is 0.140. The molecule has 5 heteroatoms. The quantitative estimate of drug-likeness (QED) is 0.195. The maximum absolute atomic E-state index is 12.3. The smallest absolute Gasteiger partial charge is 0.356 e. The predicted octanol–water partition coefficient (Wildman–Crippen LogP) is 7.39. The molecule has 0 saturated carbocycles. The molecular weight excluding hydrogens is 402 g/mol. The van der Waals surface area contributed by atoms with Gasteiger partial charge in [-0.05, 0) is 36.3 Å². The molecule has 1 aromatic heterocycles. The molecule has 1 rings (SSSR count). The lowest BCUT2D eigenvalue weighted by Crippen LogP contribution is -2.19. The van der Waals surface area contributed by atoms with Gasteiger partial charge in [0, 0.05) is 0 Å². The van der Waals surface area contributed by atoms with E-state index in [2.05, 4.69) is 39.6 Å². The lowest BCUT2D eigenvalue weighted by molar-refractivity contribution is 0.0412. The predicted molar refractivity (Wildman–Crippen MR) is 130 cm³/mol. The Morgan fingerprint density at radius 2 is 1.34 bits per heavy atom. The molecule has 1 atom stereocenters. The van der Waals surface area contributed by atoms with Crippen molar-refractivity contribution < 1.29 is 19.1 Å². The van der Waals surface area contributed by atoms with E-state index in [-0.39, 0.29) is 22.7 Å². The van der Waals surface area contributed by atoms with Gasteiger partial charge in [-0.3, -0.25) is 0 Å². The van der Waals surface area contributed by atoms with Gasteiger partial charge in [0.25, 0.3) is 0 Å². The van der Waals surface area contributed by atoms with Crippen LogP contribution >= 0.6 is 0 Å². The Bertz CT molecular complexity index is 666. The first kappa shape index (κ1) is 28.1. The number of rotatable bonds is 16. The number of pyridine rings is 1. The van der Waals surface area contributed by atoms with E-state index >= 15 is 0 Å². The van der Waals surface area contributed by atoms with E-state index in [1.165, 1.54) is 51.4 Å². The number of hydrogen-bond acceptors (Lipinski definition) is 5. The minimum atomic E-state index is -0.505. The summed E-state index contributed by atoms with van der Waals surface area (Å²) in [7, 11) is 0. The first-order valence-corrected chi connectivity index (χ1v) is 12.5. The second kappa shape index (κ2) is 15.8. The van der Waals surface area contributed by atoms with Gasteiger partial charge in [-0.25, -0.2) is 14.6 Å². The summed E-state index contributed by atoms with van der Waals surface area (Å²) in [4.78, 5) is 28.7. The van der Waals surface area contributed by atoms with Crippen LogP contribution in [-0.2, 0) is 9.47 Å². The summed E-state index contributed by atoms with van der Waals surface area (Å²) in [5, 5.41) is 0. The van der Waals surface area contributed by atoms with Crippen molar-refractivity contribution in [2.45, 2.75) is 105 Å². The van der Waals surface area contributed by atoms with Gasteiger partial charge in [0.1, 0.15) is 11.4 Å². The van der Waals surface area contributed by atoms with Crippen molar-refractivity contribution in [3.05, 3.63) is 29.6 Å². The monoisotopic (exact) mass is 447 g/mol. The highest BCUT2D eigenvalue weighted by molar-refractivity contribution is 5.91. The fourth-order valence-electron chi connectivity index (χ4n) is 3.89. The molecule has 1 heterocycles. The molecule has 32 heavy (non-hydrogen) atoms. The van der Waals surface area contributed by atoms with Crippen LogP contribution in [0.5, 0.6) is 0 Å². The van der Waals surface area contributed by atoms with E-state index < -0.39 is 11.9 Å². The number of unbranched alkanes of at least 4 members (excludes halogenated alkanes) is 9. The molecule has 0 amide bonds. The van der Waals surface area contributed by atoms with Crippen LogP contribution in [0.2, 0.25) is 0 Å². The van der Waals surface area contributed by atoms with Gasteiger partial charge >= 0.3 is 11.9 Å². The Labute approximate surface area is 195 Å². The zero-order chi connectivity index (χ0) is 23.8. The standard InChI is InChI=1S/C27H45NO4/c1-6-7-8-9-10-11-12-13-14-15-19-31-25(29)23-17-16-18-24(28-23)26(30)32-21-22(2)20-27(3,4)5/h16-18,22H,6-15,19-21H2,1-5H3. The highest BCUT2D eigenvalue weighted by atomic mass is 16.5. The molecule has 0 aliphatic heterocycles. The van der Waals surface area contributed by atoms with Crippen LogP contribution < -0.4 is 0 Å². The lowest BCUT2D eigenvalue weighted by atomic mass is 9.86. The second-order valence-electron chi connectivity index (χ2n) is 10.2. The summed E-state index contributed by atoms with van der Waals surface area (Å²) in [5.41, 5.74) is 0.470. The third-order valence-electron chi connectivity index (χ3n) is 5.36. The van der Waals surface area contributed by atoms with E-state index in [0.29, 0.717) is 13.2 Å². The van der Waals surface area contributed by atoms with Crippen LogP contribution in [0.1, 0.15) is 126 Å². The van der Waals surface area contributed by atoms with Crippen molar-refractivity contribution in [3.63, 3.8) is 0 Å². The highest BCUT2D eigenvalue weighted by Gasteiger charge is 2.18. The number of nitrogens with zero attached hydrogens (tertiary/aromatic N) is 1. The molecule has 1 unspecified atom stereocenters. The lowest BCUT2D eigenvalue weighted by Gasteiger charge is -2.22. The summed E-state index contributed by atoms with van der Waals surface area (Å²) in [6, 6.07) is 4.77. The average Bonchev–Trinajstić information content (AvgIpc) is 2.74. The van der Waals surface area contributed by atoms with Gasteiger partial charge in [-0.2, -0.15) is 0 Å². The van der Waals surface area contributed by atoms with Gasteiger partial charge in [-0.15, -0.1) is 0 Å². The summed E-state index contributed by atoms with van der Waals surface area (Å²) in [6.45, 7) is 11.5. The molecular formula is C27H45NO4. The van der Waals surface area contributed by atoms with Gasteiger partial charge < -0.3 is 9.47 Å². The zero-order valence-corrected chi connectivity index (χ0v) is 21.1. The normalized spacial score (nSPS) is 12.4. The first-order valence-electron chi connectivity index (χ1n) is 12.5. The van der Waals surface area contributed by atoms with Crippen molar-refractivity contribution >= 4 is 11.9 Å². The maximum Gasteiger partial charge on any atom is 0.356 e. The summed E-state index contributed by atoms with van der Waals surface area (Å²) in [5.74, 6) is -0.736. The van der Waals surface area contributed by atoms with Crippen molar-refractivity contribution in [1.29, 1.82) is 0 Å². The van der Waals surface area contributed by atoms with E-state index in [1.54, 1.807) is 18.2 Å². The van der Waals surface area contributed by atoms with Crippen LogP contribution in [0.3, 0.4) is 0 Å². The van der Waals surface area contributed by atoms with Gasteiger partial charge in [-0.1, -0.05) is 98.5 Å². The molecule has 0 N–H and O–H groups in total. The third kappa shape index (κ3) is 13.5. The van der Waals surface area contributed by atoms with E-state index in [4.69, 9.17) is 9.47 Å². The topological polar surface area (TPSA) is 65.5 Å². The maximum atomic E-state index is 12.3. The fraction of sp³-hybridized carbons (Fsp3) is 0.741. The number of carbonyl (C=O) groups excluding carboxylic acids is 2. The third-order valence-corrected chi connectivity index (χ3v) is 5.36. The van der Waals surface area contributed by atoms with Crippen molar-refractivity contribution in [3.8, 4) is 0 Å². The molecule has 0 saturated heterocycles. The van der Waals surface area contributed by atoms with Crippen LogP contribution in [0, 0.1) is 11.3 Å². The molecule has 182 valence electrons. The van der Waals surface area contributed by atoms with Crippen molar-refractivity contribution in [1.82, 2.24) is 4.98 Å². The first-order chi connectivity index (χ1) is 15.2. The number of ether oxygens (including phenoxy) is 2. The Balaban J connectivity index is 2.26. The van der Waals surface area contributed by atoms with E-state index in [1.807, 2.05) is 0 Å². The Morgan fingerprint density at radius 3 is 1.88 bits per heavy atom. The summed E-state index contributed by atoms with van der Waals surface area (Å²) in [6.07, 6.45) is 13.3. The van der Waals surface area contributed by atoms with Crippen molar-refractivity contribution in [2.75, 3.05) is 13.2 Å². The molecule has 1 aromatic rings. The zero-order valence-electron chi connectivity index (χ0n) is 21.1. The van der Waals surface area contributed by atoms with Crippen LogP contribution in [0.25, 0.3) is 0 Å². The molecule has 0 bridgehead atoms. The average molecular weight is 448 g/mol. The Hall–Kier alpha value is -1.91. The van der Waals surface area contributed by atoms with Crippen LogP contribution in [0.4, 0.5) is 0 Å². The summed E-state index contributed by atoms with van der Waals surface area (Å²) >= 11 is 0. The van der Waals surface area contributed by atoms with Gasteiger partial charge in [0.15, 0.2) is 0 Å². The molecule has 0 spiro atoms. The molecule has 0 radical (unpaired) electrons. The molecule has 5 nitrogen and oxygen atoms in total. The van der Waals surface area contributed by atoms with E-state index in [0.717, 1.165) is 19.3 Å². The number of esters is 2. The van der Waals surface area contributed by atoms with Crippen molar-refractivity contribution in [2.24, 2.45) is 11.3 Å². The second-order valence-corrected chi connectivity index (χ2v) is 10.2. The highest BCUT2D eigenvalue weighted by Crippen LogP contribution is 2.24. The molecule has 0 aliphatic rings.